The molecule has 2 unspecified atom stereocenters. The number of thioether (sulfide) groups is 2. The van der Waals surface area contributed by atoms with Crippen LogP contribution in [0.3, 0.4) is 0 Å². The van der Waals surface area contributed by atoms with Crippen molar-refractivity contribution in [3.05, 3.63) is 48.6 Å². The Bertz CT molecular complexity index is 1340. The predicted molar refractivity (Wildman–Crippen MR) is 294 cm³/mol. The molecule has 0 aliphatic heterocycles. The number of rotatable bonds is 52. The van der Waals surface area contributed by atoms with E-state index in [1.54, 1.807) is 0 Å². The van der Waals surface area contributed by atoms with Crippen LogP contribution in [0.25, 0.3) is 0 Å². The lowest BCUT2D eigenvalue weighted by molar-refractivity contribution is -0.151. The Hall–Kier alpha value is -2.58. The van der Waals surface area contributed by atoms with Gasteiger partial charge in [0.2, 0.25) is 0 Å². The van der Waals surface area contributed by atoms with Crippen molar-refractivity contribution in [3.63, 3.8) is 0 Å². The second-order valence-corrected chi connectivity index (χ2v) is 20.5. The van der Waals surface area contributed by atoms with Gasteiger partial charge in [-0.25, -0.2) is 0 Å². The van der Waals surface area contributed by atoms with Gasteiger partial charge in [-0.1, -0.05) is 140 Å². The van der Waals surface area contributed by atoms with E-state index in [9.17, 15) is 24.3 Å². The summed E-state index contributed by atoms with van der Waals surface area (Å²) in [5, 5.41) is 10.3. The second kappa shape index (κ2) is 54.2. The van der Waals surface area contributed by atoms with Crippen molar-refractivity contribution >= 4 is 47.4 Å². The van der Waals surface area contributed by atoms with Crippen molar-refractivity contribution in [2.24, 2.45) is 0 Å². The summed E-state index contributed by atoms with van der Waals surface area (Å²) in [6.45, 7) is 6.51. The zero-order valence-electron chi connectivity index (χ0n) is 44.7. The molecule has 70 heavy (non-hydrogen) atoms. The largest absolute Gasteiger partial charge is 0.465 e. The third-order valence-corrected chi connectivity index (χ3v) is 13.2. The maximum atomic E-state index is 12.6. The normalized spacial score (nSPS) is 12.8. The van der Waals surface area contributed by atoms with Gasteiger partial charge in [-0.05, 0) is 130 Å². The number of hydrogen-bond acceptors (Lipinski definition) is 13. The predicted octanol–water partition coefficient (Wildman–Crippen LogP) is 13.9. The van der Waals surface area contributed by atoms with Crippen LogP contribution in [0.15, 0.2) is 48.6 Å². The zero-order chi connectivity index (χ0) is 51.2. The van der Waals surface area contributed by atoms with Gasteiger partial charge in [-0.2, -0.15) is 0 Å². The van der Waals surface area contributed by atoms with E-state index in [4.69, 9.17) is 23.7 Å². The highest BCUT2D eigenvalue weighted by Gasteiger charge is 2.16. The summed E-state index contributed by atoms with van der Waals surface area (Å²) in [4.78, 5) is 51.3. The fraction of sp³-hybridized carbons (Fsp3) is 0.789. The molecule has 11 nitrogen and oxygen atoms in total. The number of carbonyl (C=O) groups excluding carboxylic acids is 4. The number of carbonyl (C=O) groups is 4. The summed E-state index contributed by atoms with van der Waals surface area (Å²) in [5.41, 5.74) is 0. The summed E-state index contributed by atoms with van der Waals surface area (Å²) < 4.78 is 27.5. The minimum atomic E-state index is -1.03. The molecule has 0 aromatic carbocycles. The number of ether oxygens (including phenoxy) is 5. The van der Waals surface area contributed by atoms with Crippen LogP contribution in [-0.2, 0) is 42.9 Å². The van der Waals surface area contributed by atoms with Crippen molar-refractivity contribution in [2.75, 3.05) is 70.1 Å². The molecule has 406 valence electrons. The fourth-order valence-corrected chi connectivity index (χ4v) is 8.53. The van der Waals surface area contributed by atoms with Crippen LogP contribution < -0.4 is 0 Å². The van der Waals surface area contributed by atoms with Gasteiger partial charge in [0, 0.05) is 18.8 Å². The molecule has 13 heteroatoms. The van der Waals surface area contributed by atoms with E-state index in [1.165, 1.54) is 113 Å². The van der Waals surface area contributed by atoms with Gasteiger partial charge in [0.15, 0.2) is 6.29 Å². The maximum Gasteiger partial charge on any atom is 0.315 e. The molecule has 0 aromatic rings. The first-order chi connectivity index (χ1) is 34.2. The monoisotopic (exact) mass is 1020 g/mol. The number of aliphatic hydroxyl groups is 1. The molecule has 0 aliphatic rings. The molecule has 0 aliphatic carbocycles. The minimum Gasteiger partial charge on any atom is -0.465 e. The summed E-state index contributed by atoms with van der Waals surface area (Å²) in [5.74, 6) is -0.724. The van der Waals surface area contributed by atoms with Gasteiger partial charge < -0.3 is 33.7 Å². The van der Waals surface area contributed by atoms with Crippen LogP contribution in [0, 0.1) is 0 Å². The average molecular weight is 1020 g/mol. The van der Waals surface area contributed by atoms with Crippen LogP contribution >= 0.6 is 23.5 Å². The highest BCUT2D eigenvalue weighted by atomic mass is 32.2. The molecule has 0 saturated carbocycles. The van der Waals surface area contributed by atoms with Gasteiger partial charge in [0.25, 0.3) is 0 Å². The molecular weight excluding hydrogens is 923 g/mol. The minimum absolute atomic E-state index is 0.0560. The number of nitrogens with zero attached hydrogens (tertiary/aromatic N) is 1. The molecule has 0 saturated heterocycles. The van der Waals surface area contributed by atoms with Gasteiger partial charge in [-0.3, -0.25) is 19.2 Å². The number of allylic oxidation sites excluding steroid dienone is 8. The van der Waals surface area contributed by atoms with Crippen molar-refractivity contribution < 1.29 is 48.0 Å². The third-order valence-electron chi connectivity index (χ3n) is 11.3. The van der Waals surface area contributed by atoms with Crippen LogP contribution in [0.2, 0.25) is 0 Å². The highest BCUT2D eigenvalue weighted by molar-refractivity contribution is 8.00. The average Bonchev–Trinajstić information content (AvgIpc) is 3.33. The molecule has 0 heterocycles. The molecule has 0 radical (unpaired) electrons. The SMILES string of the molecule is CCCCCC=CCC=CCCCCCCCCOC(=O)CSCC(=O)OCCCC(CCCOC(O)CSCC(=O)OCCCCCCCCC=CCC=CCCCCC)OC(=O)CCCN(C)C. The van der Waals surface area contributed by atoms with Gasteiger partial charge in [-0.15, -0.1) is 23.5 Å². The highest BCUT2D eigenvalue weighted by Crippen LogP contribution is 2.15. The molecule has 0 fully saturated rings. The van der Waals surface area contributed by atoms with E-state index in [-0.39, 0.29) is 60.2 Å². The Kier molecular flexibility index (Phi) is 52.2. The van der Waals surface area contributed by atoms with Crippen LogP contribution in [0.4, 0.5) is 0 Å². The Balaban J connectivity index is 4.09. The molecule has 2 atom stereocenters. The molecular formula is C57H101NO10S2. The molecule has 0 spiro atoms. The third kappa shape index (κ3) is 53.2. The topological polar surface area (TPSA) is 138 Å². The molecule has 0 bridgehead atoms. The van der Waals surface area contributed by atoms with E-state index < -0.39 is 12.3 Å². The van der Waals surface area contributed by atoms with Crippen molar-refractivity contribution in [2.45, 2.75) is 219 Å². The first-order valence-electron chi connectivity index (χ1n) is 27.5. The fourth-order valence-electron chi connectivity index (χ4n) is 7.26. The lowest BCUT2D eigenvalue weighted by atomic mass is 10.1. The molecule has 1 N–H and O–H groups in total. The molecule has 0 rings (SSSR count). The smallest absolute Gasteiger partial charge is 0.315 e. The van der Waals surface area contributed by atoms with Crippen molar-refractivity contribution in [1.82, 2.24) is 4.90 Å². The van der Waals surface area contributed by atoms with Crippen LogP contribution in [0.5, 0.6) is 0 Å². The first-order valence-corrected chi connectivity index (χ1v) is 29.8. The summed E-state index contributed by atoms with van der Waals surface area (Å²) in [6, 6.07) is 0. The lowest BCUT2D eigenvalue weighted by Crippen LogP contribution is -2.22. The molecule has 0 amide bonds. The standard InChI is InChI=1S/C57H101NO10S2/c1-5-7-9-11-13-15-17-19-21-23-25-27-29-31-33-35-44-64-54(60)48-69-50-56(62)66-46-38-40-52(68-53(59)42-37-43-58(3)4)41-39-47-67-57(63)51-70-49-55(61)65-45-36-34-32-30-28-26-24-22-20-18-16-14-12-10-8-6-2/h13-16,19-22,52,56,62H,5-12,17-18,23-51H2,1-4H3. The summed E-state index contributed by atoms with van der Waals surface area (Å²) in [6.07, 6.45) is 47.8. The van der Waals surface area contributed by atoms with E-state index in [0.29, 0.717) is 51.7 Å². The van der Waals surface area contributed by atoms with Gasteiger partial charge in [0.05, 0.1) is 37.1 Å². The number of esters is 4. The summed E-state index contributed by atoms with van der Waals surface area (Å²) in [7, 11) is 3.91. The second-order valence-electron chi connectivity index (χ2n) is 18.5. The van der Waals surface area contributed by atoms with Gasteiger partial charge in [0.1, 0.15) is 6.10 Å². The number of unbranched alkanes of at least 4 members (excludes halogenated alkanes) is 18. The summed E-state index contributed by atoms with van der Waals surface area (Å²) >= 11 is 2.45. The van der Waals surface area contributed by atoms with E-state index in [2.05, 4.69) is 62.5 Å². The number of aliphatic hydroxyl groups excluding tert-OH is 1. The van der Waals surface area contributed by atoms with E-state index in [0.717, 1.165) is 70.8 Å². The Morgan fingerprint density at radius 1 is 0.471 bits per heavy atom. The Labute approximate surface area is 435 Å². The zero-order valence-corrected chi connectivity index (χ0v) is 46.4. The lowest BCUT2D eigenvalue weighted by Gasteiger charge is -2.19. The van der Waals surface area contributed by atoms with Crippen LogP contribution in [0.1, 0.15) is 206 Å². The Morgan fingerprint density at radius 2 is 0.871 bits per heavy atom. The van der Waals surface area contributed by atoms with E-state index in [1.807, 2.05) is 19.0 Å². The number of hydrogen-bond donors (Lipinski definition) is 1. The first kappa shape index (κ1) is 67.4. The van der Waals surface area contributed by atoms with Gasteiger partial charge >= 0.3 is 23.9 Å². The van der Waals surface area contributed by atoms with Crippen LogP contribution in [-0.4, -0.2) is 116 Å². The van der Waals surface area contributed by atoms with E-state index >= 15 is 0 Å². The Morgan fingerprint density at radius 3 is 1.33 bits per heavy atom. The van der Waals surface area contributed by atoms with Crippen molar-refractivity contribution in [1.29, 1.82) is 0 Å². The van der Waals surface area contributed by atoms with Crippen molar-refractivity contribution in [3.8, 4) is 0 Å². The maximum absolute atomic E-state index is 12.6. The molecule has 0 aromatic heterocycles. The quantitative estimate of drug-likeness (QED) is 0.0204.